The monoisotopic (exact) mass is 173 g/mol. The first-order valence-electron chi connectivity index (χ1n) is 4.50. The number of nitrogens with zero attached hydrogens (tertiary/aromatic N) is 1. The summed E-state index contributed by atoms with van der Waals surface area (Å²) >= 11 is 0. The first-order chi connectivity index (χ1) is 5.65. The van der Waals surface area contributed by atoms with E-state index in [2.05, 4.69) is 25.9 Å². The molecule has 1 saturated heterocycles. The highest BCUT2D eigenvalue weighted by molar-refractivity contribution is 4.78. The number of hydrogen-bond donors (Lipinski definition) is 0. The molecule has 0 aromatic rings. The fraction of sp³-hybridized carbons (Fsp3) is 1.00. The number of ether oxygens (including phenoxy) is 2. The molecule has 0 saturated carbocycles. The molecule has 3 heteroatoms. The van der Waals surface area contributed by atoms with E-state index >= 15 is 0 Å². The Hall–Kier alpha value is -0.120. The lowest BCUT2D eigenvalue weighted by molar-refractivity contribution is -0.192. The Labute approximate surface area is 74.6 Å². The molecule has 0 bridgehead atoms. The van der Waals surface area contributed by atoms with Crippen LogP contribution in [0.2, 0.25) is 0 Å². The van der Waals surface area contributed by atoms with Crippen LogP contribution < -0.4 is 0 Å². The van der Waals surface area contributed by atoms with E-state index in [9.17, 15) is 0 Å². The molecule has 3 nitrogen and oxygen atoms in total. The molecule has 0 aromatic heterocycles. The van der Waals surface area contributed by atoms with Crippen molar-refractivity contribution in [2.45, 2.75) is 38.2 Å². The summed E-state index contributed by atoms with van der Waals surface area (Å²) in [7, 11) is 5.89. The topological polar surface area (TPSA) is 21.7 Å². The maximum Gasteiger partial charge on any atom is 0.157 e. The minimum Gasteiger partial charge on any atom is -0.356 e. The van der Waals surface area contributed by atoms with E-state index in [4.69, 9.17) is 9.47 Å². The molecule has 12 heavy (non-hydrogen) atoms. The second-order valence-electron chi connectivity index (χ2n) is 3.61. The molecule has 0 amide bonds. The standard InChI is InChI=1S/C9H19NO2/c1-7-8(10(2)3)5-6-9(11-4)12-7/h7-9H,5-6H2,1-4H3/t7-,8-,9-/m1/s1. The van der Waals surface area contributed by atoms with E-state index in [0.717, 1.165) is 12.8 Å². The van der Waals surface area contributed by atoms with E-state index in [-0.39, 0.29) is 12.4 Å². The summed E-state index contributed by atoms with van der Waals surface area (Å²) in [5, 5.41) is 0. The lowest BCUT2D eigenvalue weighted by Gasteiger charge is -2.37. The van der Waals surface area contributed by atoms with E-state index < -0.39 is 0 Å². The van der Waals surface area contributed by atoms with Crippen LogP contribution in [-0.4, -0.2) is 44.5 Å². The van der Waals surface area contributed by atoms with Gasteiger partial charge in [0.05, 0.1) is 6.10 Å². The predicted molar refractivity (Wildman–Crippen MR) is 48.1 cm³/mol. The van der Waals surface area contributed by atoms with Crippen LogP contribution in [0.1, 0.15) is 19.8 Å². The van der Waals surface area contributed by atoms with Gasteiger partial charge in [0.2, 0.25) is 0 Å². The molecule has 0 spiro atoms. The van der Waals surface area contributed by atoms with Crippen LogP contribution in [0, 0.1) is 0 Å². The Morgan fingerprint density at radius 3 is 2.42 bits per heavy atom. The molecule has 0 aromatic carbocycles. The Kier molecular flexibility index (Phi) is 3.50. The summed E-state index contributed by atoms with van der Waals surface area (Å²) in [6, 6.07) is 0.538. The van der Waals surface area contributed by atoms with Crippen molar-refractivity contribution in [1.29, 1.82) is 0 Å². The molecule has 1 aliphatic rings. The maximum absolute atomic E-state index is 5.65. The maximum atomic E-state index is 5.65. The third-order valence-electron chi connectivity index (χ3n) is 2.53. The van der Waals surface area contributed by atoms with Gasteiger partial charge in [-0.2, -0.15) is 0 Å². The highest BCUT2D eigenvalue weighted by Crippen LogP contribution is 2.22. The van der Waals surface area contributed by atoms with Crippen molar-refractivity contribution in [3.05, 3.63) is 0 Å². The summed E-state index contributed by atoms with van der Waals surface area (Å²) in [5.74, 6) is 0. The highest BCUT2D eigenvalue weighted by atomic mass is 16.7. The third-order valence-corrected chi connectivity index (χ3v) is 2.53. The van der Waals surface area contributed by atoms with Gasteiger partial charge in [0.1, 0.15) is 0 Å². The van der Waals surface area contributed by atoms with E-state index in [1.807, 2.05) is 0 Å². The minimum absolute atomic E-state index is 0.0104. The average Bonchev–Trinajstić information content (AvgIpc) is 2.03. The fourth-order valence-corrected chi connectivity index (χ4v) is 1.79. The molecule has 3 atom stereocenters. The van der Waals surface area contributed by atoms with Crippen LogP contribution in [0.3, 0.4) is 0 Å². The third kappa shape index (κ3) is 2.19. The zero-order valence-corrected chi connectivity index (χ0v) is 8.41. The van der Waals surface area contributed by atoms with Crippen molar-refractivity contribution in [3.8, 4) is 0 Å². The second kappa shape index (κ2) is 4.21. The van der Waals surface area contributed by atoms with Gasteiger partial charge < -0.3 is 14.4 Å². The first kappa shape index (κ1) is 9.96. The number of methoxy groups -OCH3 is 1. The number of likely N-dealkylation sites (N-methyl/N-ethyl adjacent to an activating group) is 1. The zero-order chi connectivity index (χ0) is 9.14. The van der Waals surface area contributed by atoms with Gasteiger partial charge in [0.15, 0.2) is 6.29 Å². The molecule has 1 rings (SSSR count). The fourth-order valence-electron chi connectivity index (χ4n) is 1.79. The van der Waals surface area contributed by atoms with Crippen molar-refractivity contribution >= 4 is 0 Å². The number of hydrogen-bond acceptors (Lipinski definition) is 3. The normalized spacial score (nSPS) is 37.2. The lowest BCUT2D eigenvalue weighted by Crippen LogP contribution is -2.45. The van der Waals surface area contributed by atoms with Gasteiger partial charge in [-0.25, -0.2) is 0 Å². The van der Waals surface area contributed by atoms with E-state index in [0.29, 0.717) is 6.04 Å². The molecule has 0 unspecified atom stereocenters. The quantitative estimate of drug-likeness (QED) is 0.624. The smallest absolute Gasteiger partial charge is 0.157 e. The molecule has 0 radical (unpaired) electrons. The molecule has 0 N–H and O–H groups in total. The zero-order valence-electron chi connectivity index (χ0n) is 8.41. The van der Waals surface area contributed by atoms with Gasteiger partial charge in [0.25, 0.3) is 0 Å². The minimum atomic E-state index is 0.0104. The molecule has 1 heterocycles. The van der Waals surface area contributed by atoms with Crippen molar-refractivity contribution in [1.82, 2.24) is 4.90 Å². The lowest BCUT2D eigenvalue weighted by atomic mass is 10.0. The second-order valence-corrected chi connectivity index (χ2v) is 3.61. The van der Waals surface area contributed by atoms with Crippen molar-refractivity contribution in [2.75, 3.05) is 21.2 Å². The molecule has 1 aliphatic heterocycles. The predicted octanol–water partition coefficient (Wildman–Crippen LogP) is 1.09. The van der Waals surface area contributed by atoms with E-state index in [1.165, 1.54) is 0 Å². The summed E-state index contributed by atoms with van der Waals surface area (Å²) in [6.07, 6.45) is 2.45. The molecule has 1 fully saturated rings. The molecule has 72 valence electrons. The Morgan fingerprint density at radius 2 is 2.00 bits per heavy atom. The van der Waals surface area contributed by atoms with Gasteiger partial charge >= 0.3 is 0 Å². The molecule has 0 aliphatic carbocycles. The average molecular weight is 173 g/mol. The van der Waals surface area contributed by atoms with Gasteiger partial charge in [-0.15, -0.1) is 0 Å². The van der Waals surface area contributed by atoms with Gasteiger partial charge in [-0.1, -0.05) is 0 Å². The van der Waals surface area contributed by atoms with Crippen molar-refractivity contribution in [3.63, 3.8) is 0 Å². The Morgan fingerprint density at radius 1 is 1.33 bits per heavy atom. The molecular weight excluding hydrogens is 154 g/mol. The van der Waals surface area contributed by atoms with Crippen LogP contribution in [0.4, 0.5) is 0 Å². The largest absolute Gasteiger partial charge is 0.356 e. The molecular formula is C9H19NO2. The van der Waals surface area contributed by atoms with Gasteiger partial charge in [-0.05, 0) is 33.9 Å². The summed E-state index contributed by atoms with van der Waals surface area (Å²) in [4.78, 5) is 2.22. The number of rotatable bonds is 2. The summed E-state index contributed by atoms with van der Waals surface area (Å²) in [5.41, 5.74) is 0. The van der Waals surface area contributed by atoms with Crippen molar-refractivity contribution < 1.29 is 9.47 Å². The van der Waals surface area contributed by atoms with Crippen molar-refractivity contribution in [2.24, 2.45) is 0 Å². The van der Waals surface area contributed by atoms with Crippen LogP contribution in [0.5, 0.6) is 0 Å². The Bertz CT molecular complexity index is 138. The van der Waals surface area contributed by atoms with E-state index in [1.54, 1.807) is 7.11 Å². The van der Waals surface area contributed by atoms with Gasteiger partial charge in [0, 0.05) is 13.2 Å². The SMILES string of the molecule is CO[C@H]1CC[C@@H](N(C)C)[C@@H](C)O1. The van der Waals surface area contributed by atoms with Crippen LogP contribution in [0.25, 0.3) is 0 Å². The van der Waals surface area contributed by atoms with Crippen LogP contribution in [0.15, 0.2) is 0 Å². The highest BCUT2D eigenvalue weighted by Gasteiger charge is 2.28. The first-order valence-corrected chi connectivity index (χ1v) is 4.50. The Balaban J connectivity index is 2.42. The van der Waals surface area contributed by atoms with Crippen LogP contribution >= 0.6 is 0 Å². The summed E-state index contributed by atoms with van der Waals surface area (Å²) in [6.45, 7) is 2.11. The summed E-state index contributed by atoms with van der Waals surface area (Å²) < 4.78 is 10.8. The van der Waals surface area contributed by atoms with Crippen LogP contribution in [-0.2, 0) is 9.47 Å². The van der Waals surface area contributed by atoms with Gasteiger partial charge in [-0.3, -0.25) is 0 Å².